The first-order valence-electron chi connectivity index (χ1n) is 5.89. The smallest absolute Gasteiger partial charge is 0.311 e. The average Bonchev–Trinajstić information content (AvgIpc) is 2.23. The van der Waals surface area contributed by atoms with Crippen LogP contribution in [0.5, 0.6) is 0 Å². The van der Waals surface area contributed by atoms with Gasteiger partial charge in [-0.3, -0.25) is 9.59 Å². The predicted octanol–water partition coefficient (Wildman–Crippen LogP) is 2.73. The first kappa shape index (κ1) is 15.1. The van der Waals surface area contributed by atoms with Gasteiger partial charge < -0.3 is 9.84 Å². The fraction of sp³-hybridized carbons (Fsp3) is 0.429. The number of benzene rings is 1. The molecule has 0 radical (unpaired) electrons. The fourth-order valence-corrected chi connectivity index (χ4v) is 1.62. The minimum atomic E-state index is -1.18. The van der Waals surface area contributed by atoms with Gasteiger partial charge in [-0.1, -0.05) is 12.1 Å². The normalized spacial score (nSPS) is 12.8. The van der Waals surface area contributed by atoms with E-state index in [0.29, 0.717) is 0 Å². The van der Waals surface area contributed by atoms with Gasteiger partial charge in [0.05, 0.1) is 12.3 Å². The van der Waals surface area contributed by atoms with Crippen molar-refractivity contribution in [1.29, 1.82) is 0 Å². The molecular formula is C14H17FO4. The molecular weight excluding hydrogens is 251 g/mol. The van der Waals surface area contributed by atoms with Crippen molar-refractivity contribution in [2.75, 3.05) is 0 Å². The Balaban J connectivity index is 2.85. The maximum Gasteiger partial charge on any atom is 0.311 e. The molecule has 1 atom stereocenters. The van der Waals surface area contributed by atoms with Crippen molar-refractivity contribution in [2.24, 2.45) is 0 Å². The molecule has 0 aliphatic rings. The summed E-state index contributed by atoms with van der Waals surface area (Å²) in [6.45, 7) is 5.09. The number of hydrogen-bond acceptors (Lipinski definition) is 3. The van der Waals surface area contributed by atoms with Crippen LogP contribution in [0.4, 0.5) is 4.39 Å². The van der Waals surface area contributed by atoms with Gasteiger partial charge in [0.15, 0.2) is 0 Å². The summed E-state index contributed by atoms with van der Waals surface area (Å²) in [7, 11) is 0. The van der Waals surface area contributed by atoms with Crippen molar-refractivity contribution in [2.45, 2.75) is 38.7 Å². The van der Waals surface area contributed by atoms with Crippen molar-refractivity contribution in [1.82, 2.24) is 0 Å². The number of carbonyl (C=O) groups excluding carboxylic acids is 1. The molecule has 0 unspecified atom stereocenters. The first-order chi connectivity index (χ1) is 8.69. The number of rotatable bonds is 4. The van der Waals surface area contributed by atoms with Crippen molar-refractivity contribution in [3.63, 3.8) is 0 Å². The third-order valence-electron chi connectivity index (χ3n) is 2.34. The van der Waals surface area contributed by atoms with Gasteiger partial charge in [0.2, 0.25) is 0 Å². The van der Waals surface area contributed by atoms with E-state index in [1.807, 2.05) is 0 Å². The summed E-state index contributed by atoms with van der Waals surface area (Å²) in [5.41, 5.74) is -0.430. The summed E-state index contributed by atoms with van der Waals surface area (Å²) in [6.07, 6.45) is -0.323. The van der Waals surface area contributed by atoms with Gasteiger partial charge in [-0.25, -0.2) is 4.39 Å². The highest BCUT2D eigenvalue weighted by molar-refractivity contribution is 5.83. The Labute approximate surface area is 111 Å². The Morgan fingerprint density at radius 1 is 1.37 bits per heavy atom. The van der Waals surface area contributed by atoms with Crippen LogP contribution >= 0.6 is 0 Å². The van der Waals surface area contributed by atoms with Gasteiger partial charge in [0.1, 0.15) is 11.4 Å². The second kappa shape index (κ2) is 5.82. The maximum absolute atomic E-state index is 13.1. The monoisotopic (exact) mass is 268 g/mol. The second-order valence-electron chi connectivity index (χ2n) is 5.24. The van der Waals surface area contributed by atoms with Crippen LogP contribution in [0.3, 0.4) is 0 Å². The molecule has 0 spiro atoms. The molecule has 5 heteroatoms. The molecule has 1 aromatic carbocycles. The molecule has 1 aromatic rings. The van der Waals surface area contributed by atoms with E-state index in [-0.39, 0.29) is 12.0 Å². The van der Waals surface area contributed by atoms with Gasteiger partial charge in [0.25, 0.3) is 0 Å². The van der Waals surface area contributed by atoms with Crippen LogP contribution in [0.15, 0.2) is 24.3 Å². The standard InChI is InChI=1S/C14H17FO4/c1-14(2,3)19-12(16)8-11(13(17)18)9-5-4-6-10(15)7-9/h4-7,11H,8H2,1-3H3,(H,17,18)/t11-/m0/s1. The van der Waals surface area contributed by atoms with Gasteiger partial charge in [-0.2, -0.15) is 0 Å². The zero-order valence-corrected chi connectivity index (χ0v) is 11.1. The number of esters is 1. The van der Waals surface area contributed by atoms with Gasteiger partial charge in [0, 0.05) is 0 Å². The maximum atomic E-state index is 13.1. The molecule has 0 heterocycles. The number of aliphatic carboxylic acids is 1. The lowest BCUT2D eigenvalue weighted by molar-refractivity contribution is -0.158. The van der Waals surface area contributed by atoms with E-state index in [1.165, 1.54) is 18.2 Å². The molecule has 4 nitrogen and oxygen atoms in total. The van der Waals surface area contributed by atoms with Gasteiger partial charge in [-0.05, 0) is 38.5 Å². The molecule has 0 aliphatic carbocycles. The number of halogens is 1. The highest BCUT2D eigenvalue weighted by Crippen LogP contribution is 2.22. The third-order valence-corrected chi connectivity index (χ3v) is 2.34. The van der Waals surface area contributed by atoms with Crippen LogP contribution in [0, 0.1) is 5.82 Å². The summed E-state index contributed by atoms with van der Waals surface area (Å²) >= 11 is 0. The number of carboxylic acids is 1. The average molecular weight is 268 g/mol. The van der Waals surface area contributed by atoms with E-state index in [1.54, 1.807) is 20.8 Å². The van der Waals surface area contributed by atoms with Crippen LogP contribution in [0.25, 0.3) is 0 Å². The van der Waals surface area contributed by atoms with Gasteiger partial charge >= 0.3 is 11.9 Å². The molecule has 1 N–H and O–H groups in total. The van der Waals surface area contributed by atoms with E-state index in [4.69, 9.17) is 9.84 Å². The first-order valence-corrected chi connectivity index (χ1v) is 5.89. The highest BCUT2D eigenvalue weighted by Gasteiger charge is 2.26. The van der Waals surface area contributed by atoms with Crippen molar-refractivity contribution < 1.29 is 23.8 Å². The van der Waals surface area contributed by atoms with E-state index < -0.39 is 29.3 Å². The van der Waals surface area contributed by atoms with Crippen molar-refractivity contribution in [3.8, 4) is 0 Å². The minimum absolute atomic E-state index is 0.248. The Morgan fingerprint density at radius 2 is 2.00 bits per heavy atom. The van der Waals surface area contributed by atoms with Crippen molar-refractivity contribution >= 4 is 11.9 Å². The Morgan fingerprint density at radius 3 is 2.47 bits per heavy atom. The Kier molecular flexibility index (Phi) is 4.64. The highest BCUT2D eigenvalue weighted by atomic mass is 19.1. The summed E-state index contributed by atoms with van der Waals surface area (Å²) in [6, 6.07) is 5.22. The van der Waals surface area contributed by atoms with Crippen LogP contribution in [-0.2, 0) is 14.3 Å². The molecule has 0 saturated carbocycles. The van der Waals surface area contributed by atoms with E-state index in [0.717, 1.165) is 6.07 Å². The molecule has 1 rings (SSSR count). The molecule has 104 valence electrons. The van der Waals surface area contributed by atoms with E-state index in [9.17, 15) is 14.0 Å². The lowest BCUT2D eigenvalue weighted by Crippen LogP contribution is -2.26. The molecule has 19 heavy (non-hydrogen) atoms. The lowest BCUT2D eigenvalue weighted by Gasteiger charge is -2.21. The van der Waals surface area contributed by atoms with Crippen LogP contribution in [-0.4, -0.2) is 22.6 Å². The number of carbonyl (C=O) groups is 2. The SMILES string of the molecule is CC(C)(C)OC(=O)C[C@H](C(=O)O)c1cccc(F)c1. The van der Waals surface area contributed by atoms with Crippen LogP contribution in [0.1, 0.15) is 38.7 Å². The number of ether oxygens (including phenoxy) is 1. The van der Waals surface area contributed by atoms with Crippen LogP contribution in [0.2, 0.25) is 0 Å². The van der Waals surface area contributed by atoms with Crippen molar-refractivity contribution in [3.05, 3.63) is 35.6 Å². The predicted molar refractivity (Wildman–Crippen MR) is 67.2 cm³/mol. The Hall–Kier alpha value is -1.91. The summed E-state index contributed by atoms with van der Waals surface area (Å²) in [5.74, 6) is -3.45. The minimum Gasteiger partial charge on any atom is -0.481 e. The molecule has 0 aromatic heterocycles. The lowest BCUT2D eigenvalue weighted by atomic mass is 9.96. The molecule has 0 bridgehead atoms. The van der Waals surface area contributed by atoms with Gasteiger partial charge in [-0.15, -0.1) is 0 Å². The topological polar surface area (TPSA) is 63.6 Å². The zero-order chi connectivity index (χ0) is 14.6. The zero-order valence-electron chi connectivity index (χ0n) is 11.1. The number of carboxylic acid groups (broad SMARTS) is 1. The molecule has 0 aliphatic heterocycles. The van der Waals surface area contributed by atoms with E-state index in [2.05, 4.69) is 0 Å². The molecule has 0 saturated heterocycles. The Bertz CT molecular complexity index is 477. The largest absolute Gasteiger partial charge is 0.481 e. The van der Waals surface area contributed by atoms with Crippen LogP contribution < -0.4 is 0 Å². The summed E-state index contributed by atoms with van der Waals surface area (Å²) in [5, 5.41) is 9.13. The molecule has 0 amide bonds. The number of hydrogen-bond donors (Lipinski definition) is 1. The quantitative estimate of drug-likeness (QED) is 0.853. The summed E-state index contributed by atoms with van der Waals surface area (Å²) < 4.78 is 18.2. The second-order valence-corrected chi connectivity index (χ2v) is 5.24. The molecule has 0 fully saturated rings. The fourth-order valence-electron chi connectivity index (χ4n) is 1.62. The third kappa shape index (κ3) is 5.07. The summed E-state index contributed by atoms with van der Waals surface area (Å²) in [4.78, 5) is 22.8. The van der Waals surface area contributed by atoms with E-state index >= 15 is 0 Å².